The Hall–Kier alpha value is -0.930. The van der Waals surface area contributed by atoms with Crippen LogP contribution in [0.2, 0.25) is 0 Å². The van der Waals surface area contributed by atoms with Crippen molar-refractivity contribution >= 4 is 0 Å². The highest BCUT2D eigenvalue weighted by Gasteiger charge is 2.33. The molecule has 1 aliphatic rings. The van der Waals surface area contributed by atoms with Gasteiger partial charge in [-0.1, -0.05) is 0 Å². The molecule has 0 spiro atoms. The molecule has 0 aliphatic carbocycles. The zero-order chi connectivity index (χ0) is 13.0. The molecule has 3 heteroatoms. The Bertz CT molecular complexity index is 361. The molecular formula is C15H25N3. The zero-order valence-corrected chi connectivity index (χ0v) is 11.8. The van der Waals surface area contributed by atoms with Gasteiger partial charge in [0.15, 0.2) is 0 Å². The predicted molar refractivity (Wildman–Crippen MR) is 75.4 cm³/mol. The number of likely N-dealkylation sites (tertiary alicyclic amines) is 1. The van der Waals surface area contributed by atoms with E-state index >= 15 is 0 Å². The van der Waals surface area contributed by atoms with Gasteiger partial charge in [0.1, 0.15) is 0 Å². The molecule has 100 valence electrons. The average molecular weight is 247 g/mol. The van der Waals surface area contributed by atoms with Crippen LogP contribution < -0.4 is 5.32 Å². The van der Waals surface area contributed by atoms with Crippen molar-refractivity contribution in [3.05, 3.63) is 30.1 Å². The number of aromatic nitrogens is 1. The van der Waals surface area contributed by atoms with Crippen molar-refractivity contribution in [3.63, 3.8) is 0 Å². The largest absolute Gasteiger partial charge is 0.319 e. The number of hydrogen-bond acceptors (Lipinski definition) is 3. The van der Waals surface area contributed by atoms with Crippen molar-refractivity contribution in [2.45, 2.75) is 38.8 Å². The number of nitrogens with one attached hydrogen (secondary N) is 1. The molecule has 0 amide bonds. The van der Waals surface area contributed by atoms with E-state index in [1.807, 2.05) is 19.4 Å². The molecule has 18 heavy (non-hydrogen) atoms. The summed E-state index contributed by atoms with van der Waals surface area (Å²) in [7, 11) is 2.05. The van der Waals surface area contributed by atoms with Crippen LogP contribution in [0.15, 0.2) is 24.5 Å². The molecule has 0 saturated carbocycles. The SMILES string of the molecule is CNCC1CCC(C)(C)N(Cc2ccncc2)C1. The van der Waals surface area contributed by atoms with Gasteiger partial charge in [-0.05, 0) is 63.9 Å². The van der Waals surface area contributed by atoms with E-state index in [0.29, 0.717) is 5.54 Å². The van der Waals surface area contributed by atoms with Crippen LogP contribution in [0.25, 0.3) is 0 Å². The molecule has 0 bridgehead atoms. The van der Waals surface area contributed by atoms with E-state index in [-0.39, 0.29) is 0 Å². The first-order valence-corrected chi connectivity index (χ1v) is 6.90. The predicted octanol–water partition coefficient (Wildman–Crippen LogP) is 2.29. The van der Waals surface area contributed by atoms with Crippen molar-refractivity contribution in [3.8, 4) is 0 Å². The molecule has 1 unspecified atom stereocenters. The van der Waals surface area contributed by atoms with Crippen LogP contribution in [0.5, 0.6) is 0 Å². The Morgan fingerprint density at radius 1 is 1.39 bits per heavy atom. The third-order valence-corrected chi connectivity index (χ3v) is 4.11. The van der Waals surface area contributed by atoms with E-state index in [9.17, 15) is 0 Å². The first-order chi connectivity index (χ1) is 8.62. The fraction of sp³-hybridized carbons (Fsp3) is 0.667. The molecule has 1 N–H and O–H groups in total. The van der Waals surface area contributed by atoms with Gasteiger partial charge in [0, 0.05) is 31.0 Å². The summed E-state index contributed by atoms with van der Waals surface area (Å²) in [5.41, 5.74) is 1.68. The quantitative estimate of drug-likeness (QED) is 0.885. The van der Waals surface area contributed by atoms with Crippen molar-refractivity contribution in [2.24, 2.45) is 5.92 Å². The summed E-state index contributed by atoms with van der Waals surface area (Å²) in [5.74, 6) is 0.782. The molecule has 0 aromatic carbocycles. The Balaban J connectivity index is 2.03. The van der Waals surface area contributed by atoms with Gasteiger partial charge in [0.25, 0.3) is 0 Å². The second-order valence-corrected chi connectivity index (χ2v) is 6.01. The van der Waals surface area contributed by atoms with E-state index in [1.54, 1.807) is 0 Å². The Morgan fingerprint density at radius 2 is 2.11 bits per heavy atom. The van der Waals surface area contributed by atoms with E-state index in [2.05, 4.69) is 41.2 Å². The lowest BCUT2D eigenvalue weighted by molar-refractivity contribution is 0.0384. The maximum absolute atomic E-state index is 4.09. The average Bonchev–Trinajstić information content (AvgIpc) is 2.35. The molecule has 1 aromatic rings. The van der Waals surface area contributed by atoms with E-state index < -0.39 is 0 Å². The van der Waals surface area contributed by atoms with Gasteiger partial charge >= 0.3 is 0 Å². The molecular weight excluding hydrogens is 222 g/mol. The molecule has 3 nitrogen and oxygen atoms in total. The van der Waals surface area contributed by atoms with E-state index in [0.717, 1.165) is 19.0 Å². The van der Waals surface area contributed by atoms with E-state index in [1.165, 1.54) is 24.9 Å². The lowest BCUT2D eigenvalue weighted by Crippen LogP contribution is -2.51. The second-order valence-electron chi connectivity index (χ2n) is 6.01. The highest BCUT2D eigenvalue weighted by Crippen LogP contribution is 2.31. The molecule has 1 saturated heterocycles. The van der Waals surface area contributed by atoms with Gasteiger partial charge < -0.3 is 5.32 Å². The monoisotopic (exact) mass is 247 g/mol. The van der Waals surface area contributed by atoms with Crippen LogP contribution in [0, 0.1) is 5.92 Å². The van der Waals surface area contributed by atoms with Crippen molar-refractivity contribution in [1.29, 1.82) is 0 Å². The number of nitrogens with zero attached hydrogens (tertiary/aromatic N) is 2. The highest BCUT2D eigenvalue weighted by molar-refractivity contribution is 5.10. The van der Waals surface area contributed by atoms with Gasteiger partial charge in [-0.3, -0.25) is 9.88 Å². The van der Waals surface area contributed by atoms with Crippen molar-refractivity contribution in [1.82, 2.24) is 15.2 Å². The summed E-state index contributed by atoms with van der Waals surface area (Å²) >= 11 is 0. The molecule has 1 aromatic heterocycles. The lowest BCUT2D eigenvalue weighted by atomic mass is 9.84. The highest BCUT2D eigenvalue weighted by atomic mass is 15.2. The Kier molecular flexibility index (Phi) is 4.36. The van der Waals surface area contributed by atoms with Crippen LogP contribution in [-0.2, 0) is 6.54 Å². The number of rotatable bonds is 4. The summed E-state index contributed by atoms with van der Waals surface area (Å²) in [6.45, 7) is 8.09. The van der Waals surface area contributed by atoms with Crippen molar-refractivity contribution < 1.29 is 0 Å². The van der Waals surface area contributed by atoms with Crippen LogP contribution in [-0.4, -0.2) is 35.6 Å². The van der Waals surface area contributed by atoms with Crippen LogP contribution in [0.3, 0.4) is 0 Å². The third-order valence-electron chi connectivity index (χ3n) is 4.11. The topological polar surface area (TPSA) is 28.2 Å². The van der Waals surface area contributed by atoms with Crippen LogP contribution in [0.1, 0.15) is 32.3 Å². The summed E-state index contributed by atoms with van der Waals surface area (Å²) in [6, 6.07) is 4.25. The van der Waals surface area contributed by atoms with Gasteiger partial charge in [0.05, 0.1) is 0 Å². The summed E-state index contributed by atoms with van der Waals surface area (Å²) < 4.78 is 0. The first kappa shape index (κ1) is 13.5. The molecule has 1 aliphatic heterocycles. The summed E-state index contributed by atoms with van der Waals surface area (Å²) in [4.78, 5) is 6.71. The maximum Gasteiger partial charge on any atom is 0.0271 e. The lowest BCUT2D eigenvalue weighted by Gasteiger charge is -2.45. The molecule has 2 heterocycles. The minimum absolute atomic E-state index is 0.313. The third kappa shape index (κ3) is 3.30. The molecule has 1 atom stereocenters. The number of hydrogen-bond donors (Lipinski definition) is 1. The Labute approximate surface area is 111 Å². The van der Waals surface area contributed by atoms with Gasteiger partial charge in [-0.2, -0.15) is 0 Å². The van der Waals surface area contributed by atoms with Crippen LogP contribution in [0.4, 0.5) is 0 Å². The number of pyridine rings is 1. The van der Waals surface area contributed by atoms with Gasteiger partial charge in [-0.15, -0.1) is 0 Å². The van der Waals surface area contributed by atoms with Crippen molar-refractivity contribution in [2.75, 3.05) is 20.1 Å². The maximum atomic E-state index is 4.09. The zero-order valence-electron chi connectivity index (χ0n) is 11.8. The summed E-state index contributed by atoms with van der Waals surface area (Å²) in [5, 5.41) is 3.31. The first-order valence-electron chi connectivity index (χ1n) is 6.90. The molecule has 1 fully saturated rings. The fourth-order valence-electron chi connectivity index (χ4n) is 2.81. The smallest absolute Gasteiger partial charge is 0.0271 e. The van der Waals surface area contributed by atoms with Gasteiger partial charge in [-0.25, -0.2) is 0 Å². The molecule has 2 rings (SSSR count). The van der Waals surface area contributed by atoms with Gasteiger partial charge in [0.2, 0.25) is 0 Å². The minimum atomic E-state index is 0.313. The standard InChI is InChI=1S/C15H25N3/c1-15(2)7-4-14(10-16-3)12-18(15)11-13-5-8-17-9-6-13/h5-6,8-9,14,16H,4,7,10-12H2,1-3H3. The minimum Gasteiger partial charge on any atom is -0.319 e. The fourth-order valence-corrected chi connectivity index (χ4v) is 2.81. The second kappa shape index (κ2) is 5.81. The summed E-state index contributed by atoms with van der Waals surface area (Å²) in [6.07, 6.45) is 6.39. The molecule has 0 radical (unpaired) electrons. The van der Waals surface area contributed by atoms with Crippen LogP contribution >= 0.6 is 0 Å². The normalized spacial score (nSPS) is 24.1. The Morgan fingerprint density at radius 3 is 2.78 bits per heavy atom. The van der Waals surface area contributed by atoms with E-state index in [4.69, 9.17) is 0 Å². The number of piperidine rings is 1.